The molecular formula is C33H35FN6O5. The van der Waals surface area contributed by atoms with Crippen LogP contribution in [0.4, 0.5) is 19.9 Å². The quantitative estimate of drug-likeness (QED) is 0.190. The maximum atomic E-state index is 14.2. The third-order valence-electron chi connectivity index (χ3n) is 6.71. The van der Waals surface area contributed by atoms with Crippen molar-refractivity contribution in [3.8, 4) is 11.3 Å². The zero-order valence-electron chi connectivity index (χ0n) is 26.3. The van der Waals surface area contributed by atoms with Crippen molar-refractivity contribution in [2.24, 2.45) is 0 Å². The van der Waals surface area contributed by atoms with E-state index in [1.807, 2.05) is 24.3 Å². The van der Waals surface area contributed by atoms with E-state index in [1.54, 1.807) is 53.8 Å². The zero-order chi connectivity index (χ0) is 32.7. The number of hydrogen-bond donors (Lipinski definition) is 0. The normalized spacial score (nSPS) is 12.0. The van der Waals surface area contributed by atoms with Crippen molar-refractivity contribution in [2.45, 2.75) is 66.1 Å². The molecule has 4 aromatic heterocycles. The van der Waals surface area contributed by atoms with Gasteiger partial charge in [0.05, 0.1) is 34.7 Å². The van der Waals surface area contributed by atoms with Crippen LogP contribution in [0.1, 0.15) is 64.4 Å². The van der Waals surface area contributed by atoms with Crippen molar-refractivity contribution >= 4 is 40.3 Å². The average molecular weight is 615 g/mol. The lowest BCUT2D eigenvalue weighted by atomic mass is 10.1. The Morgan fingerprint density at radius 2 is 1.64 bits per heavy atom. The van der Waals surface area contributed by atoms with Crippen molar-refractivity contribution in [3.05, 3.63) is 78.1 Å². The van der Waals surface area contributed by atoms with Crippen LogP contribution in [0, 0.1) is 5.82 Å². The number of nitrogens with zero attached hydrogens (tertiary/aromatic N) is 6. The fraction of sp³-hybridized carbons (Fsp3) is 0.333. The van der Waals surface area contributed by atoms with Gasteiger partial charge in [0.2, 0.25) is 5.95 Å². The van der Waals surface area contributed by atoms with E-state index in [0.717, 1.165) is 17.1 Å². The average Bonchev–Trinajstić information content (AvgIpc) is 3.53. The Bertz CT molecular complexity index is 1930. The minimum Gasteiger partial charge on any atom is -0.443 e. The standard InChI is InChI=1S/C33H35FN6O5/c1-20(41)25-18-36-40-28(25)15-26(22-14-23(34)17-35-16-22)37-29(40)38(30(42)44-32(2,3)4)13-12-21-19-39(31(43)45-33(5,6)7)27-11-9-8-10-24(21)27/h8-11,14-19H,12-13H2,1-7H3. The van der Waals surface area contributed by atoms with Crippen LogP contribution in [0.15, 0.2) is 61.2 Å². The SMILES string of the molecule is CC(=O)c1cnn2c(N(CCc3cn(C(=O)OC(C)(C)C)c4ccccc34)C(=O)OC(C)(C)C)nc(-c3cncc(F)c3)cc12. The van der Waals surface area contributed by atoms with Crippen molar-refractivity contribution in [3.63, 3.8) is 0 Å². The number of benzene rings is 1. The van der Waals surface area contributed by atoms with Crippen LogP contribution in [0.3, 0.4) is 0 Å². The van der Waals surface area contributed by atoms with Gasteiger partial charge in [-0.1, -0.05) is 18.2 Å². The van der Waals surface area contributed by atoms with Crippen LogP contribution in [0.2, 0.25) is 0 Å². The molecule has 0 fully saturated rings. The first-order valence-electron chi connectivity index (χ1n) is 14.4. The molecule has 1 aromatic carbocycles. The molecule has 0 unspecified atom stereocenters. The van der Waals surface area contributed by atoms with Gasteiger partial charge in [0, 0.05) is 29.9 Å². The van der Waals surface area contributed by atoms with Gasteiger partial charge in [-0.25, -0.2) is 23.9 Å². The van der Waals surface area contributed by atoms with E-state index in [-0.39, 0.29) is 30.4 Å². The number of ketones is 1. The number of carbonyl (C=O) groups is 3. The number of Topliss-reactive ketones (excluding diaryl/α,β-unsaturated/α-hetero) is 1. The van der Waals surface area contributed by atoms with E-state index >= 15 is 0 Å². The van der Waals surface area contributed by atoms with Crippen molar-refractivity contribution < 1.29 is 28.2 Å². The second-order valence-electron chi connectivity index (χ2n) is 12.6. The lowest BCUT2D eigenvalue weighted by molar-refractivity contribution is 0.0540. The second-order valence-corrected chi connectivity index (χ2v) is 12.6. The first-order chi connectivity index (χ1) is 21.1. The Hall–Kier alpha value is -5.13. The molecule has 0 saturated carbocycles. The first kappa shape index (κ1) is 31.3. The summed E-state index contributed by atoms with van der Waals surface area (Å²) in [5.74, 6) is -0.755. The third-order valence-corrected chi connectivity index (χ3v) is 6.71. The number of amides is 1. The molecule has 0 spiro atoms. The van der Waals surface area contributed by atoms with Crippen LogP contribution >= 0.6 is 0 Å². The van der Waals surface area contributed by atoms with Gasteiger partial charge in [-0.05, 0) is 78.6 Å². The van der Waals surface area contributed by atoms with Crippen molar-refractivity contribution in [1.29, 1.82) is 0 Å². The summed E-state index contributed by atoms with van der Waals surface area (Å²) < 4.78 is 28.4. The van der Waals surface area contributed by atoms with Crippen molar-refractivity contribution in [2.75, 3.05) is 11.4 Å². The highest BCUT2D eigenvalue weighted by Gasteiger charge is 2.29. The summed E-state index contributed by atoms with van der Waals surface area (Å²) in [4.78, 5) is 49.4. The predicted octanol–water partition coefficient (Wildman–Crippen LogP) is 6.86. The predicted molar refractivity (Wildman–Crippen MR) is 167 cm³/mol. The molecule has 0 saturated heterocycles. The third kappa shape index (κ3) is 6.84. The summed E-state index contributed by atoms with van der Waals surface area (Å²) in [6.45, 7) is 12.1. The smallest absolute Gasteiger partial charge is 0.419 e. The van der Waals surface area contributed by atoms with Crippen LogP contribution in [-0.4, -0.2) is 59.9 Å². The molecule has 0 N–H and O–H groups in total. The zero-order valence-corrected chi connectivity index (χ0v) is 26.3. The van der Waals surface area contributed by atoms with Crippen molar-refractivity contribution in [1.82, 2.24) is 24.1 Å². The molecule has 45 heavy (non-hydrogen) atoms. The Balaban J connectivity index is 1.63. The Morgan fingerprint density at radius 3 is 2.31 bits per heavy atom. The second kappa shape index (κ2) is 11.8. The van der Waals surface area contributed by atoms with E-state index in [9.17, 15) is 18.8 Å². The molecular weight excluding hydrogens is 579 g/mol. The number of anilines is 1. The highest BCUT2D eigenvalue weighted by Crippen LogP contribution is 2.29. The van der Waals surface area contributed by atoms with Crippen LogP contribution in [0.5, 0.6) is 0 Å². The lowest BCUT2D eigenvalue weighted by Gasteiger charge is -2.27. The largest absolute Gasteiger partial charge is 0.443 e. The summed E-state index contributed by atoms with van der Waals surface area (Å²) >= 11 is 0. The summed E-state index contributed by atoms with van der Waals surface area (Å²) in [6, 6.07) is 10.3. The van der Waals surface area contributed by atoms with Crippen LogP contribution in [0.25, 0.3) is 27.7 Å². The minimum absolute atomic E-state index is 0.0550. The summed E-state index contributed by atoms with van der Waals surface area (Å²) in [7, 11) is 0. The molecule has 0 bridgehead atoms. The van der Waals surface area contributed by atoms with Crippen LogP contribution in [-0.2, 0) is 15.9 Å². The molecule has 0 radical (unpaired) electrons. The van der Waals surface area contributed by atoms with Gasteiger partial charge in [0.25, 0.3) is 0 Å². The molecule has 234 valence electrons. The number of halogens is 1. The maximum Gasteiger partial charge on any atom is 0.419 e. The minimum atomic E-state index is -0.847. The Labute approximate surface area is 259 Å². The highest BCUT2D eigenvalue weighted by atomic mass is 19.1. The molecule has 4 heterocycles. The fourth-order valence-corrected chi connectivity index (χ4v) is 4.85. The highest BCUT2D eigenvalue weighted by molar-refractivity contribution is 6.01. The van der Waals surface area contributed by atoms with E-state index in [1.165, 1.54) is 39.4 Å². The Kier molecular flexibility index (Phi) is 8.17. The summed E-state index contributed by atoms with van der Waals surface area (Å²) in [5, 5.41) is 5.20. The van der Waals surface area contributed by atoms with E-state index in [4.69, 9.17) is 14.5 Å². The number of carbonyl (C=O) groups excluding carboxylic acids is 3. The molecule has 11 nitrogen and oxygen atoms in total. The van der Waals surface area contributed by atoms with E-state index in [0.29, 0.717) is 22.2 Å². The van der Waals surface area contributed by atoms with Gasteiger partial charge < -0.3 is 9.47 Å². The van der Waals surface area contributed by atoms with Gasteiger partial charge in [-0.15, -0.1) is 0 Å². The molecule has 0 aliphatic heterocycles. The van der Waals surface area contributed by atoms with E-state index < -0.39 is 29.2 Å². The lowest BCUT2D eigenvalue weighted by Crippen LogP contribution is -2.39. The topological polar surface area (TPSA) is 121 Å². The molecule has 0 aliphatic carbocycles. The number of para-hydroxylation sites is 1. The van der Waals surface area contributed by atoms with Gasteiger partial charge >= 0.3 is 12.2 Å². The molecule has 0 atom stereocenters. The molecule has 5 rings (SSSR count). The molecule has 12 heteroatoms. The van der Waals surface area contributed by atoms with Gasteiger partial charge in [0.1, 0.15) is 17.0 Å². The summed E-state index contributed by atoms with van der Waals surface area (Å²) in [5.41, 5.74) is 1.19. The molecule has 1 amide bonds. The number of fused-ring (bicyclic) bond motifs is 2. The Morgan fingerprint density at radius 1 is 0.933 bits per heavy atom. The van der Waals surface area contributed by atoms with Gasteiger partial charge in [-0.2, -0.15) is 9.61 Å². The molecule has 0 aliphatic rings. The number of hydrogen-bond acceptors (Lipinski definition) is 8. The molecule has 5 aromatic rings. The first-order valence-corrected chi connectivity index (χ1v) is 14.4. The van der Waals surface area contributed by atoms with Crippen LogP contribution < -0.4 is 4.90 Å². The fourth-order valence-electron chi connectivity index (χ4n) is 4.85. The summed E-state index contributed by atoms with van der Waals surface area (Å²) in [6.07, 6.45) is 4.67. The number of ether oxygens (including phenoxy) is 2. The number of aromatic nitrogens is 5. The number of pyridine rings is 1. The maximum absolute atomic E-state index is 14.2. The van der Waals surface area contributed by atoms with Gasteiger partial charge in [-0.3, -0.25) is 14.3 Å². The monoisotopic (exact) mass is 614 g/mol. The number of rotatable bonds is 6. The van der Waals surface area contributed by atoms with Gasteiger partial charge in [0.15, 0.2) is 5.78 Å². The van der Waals surface area contributed by atoms with E-state index in [2.05, 4.69) is 10.1 Å².